The van der Waals surface area contributed by atoms with Gasteiger partial charge in [0.2, 0.25) is 0 Å². The molecule has 1 aromatic rings. The Hall–Kier alpha value is -0.860. The van der Waals surface area contributed by atoms with Crippen molar-refractivity contribution in [1.82, 2.24) is 4.90 Å². The average Bonchev–Trinajstić information content (AvgIpc) is 2.37. The third kappa shape index (κ3) is 5.33. The van der Waals surface area contributed by atoms with E-state index in [1.807, 2.05) is 6.07 Å². The highest BCUT2D eigenvalue weighted by atomic mass is 15.1. The molecule has 19 heavy (non-hydrogen) atoms. The quantitative estimate of drug-likeness (QED) is 0.812. The maximum atomic E-state index is 6.39. The van der Waals surface area contributed by atoms with Crippen molar-refractivity contribution in [2.75, 3.05) is 13.1 Å². The number of hydrogen-bond acceptors (Lipinski definition) is 2. The molecule has 2 atom stereocenters. The van der Waals surface area contributed by atoms with Gasteiger partial charge < -0.3 is 10.6 Å². The molecule has 0 aliphatic rings. The normalized spacial score (nSPS) is 15.2. The molecule has 0 bridgehead atoms. The molecule has 2 N–H and O–H groups in total. The second-order valence-electron chi connectivity index (χ2n) is 6.36. The van der Waals surface area contributed by atoms with Gasteiger partial charge in [0.05, 0.1) is 0 Å². The molecule has 0 aliphatic carbocycles. The fourth-order valence-corrected chi connectivity index (χ4v) is 2.45. The lowest BCUT2D eigenvalue weighted by Crippen LogP contribution is -2.40. The van der Waals surface area contributed by atoms with E-state index in [1.165, 1.54) is 5.56 Å². The maximum absolute atomic E-state index is 6.39. The number of benzene rings is 1. The average molecular weight is 262 g/mol. The third-order valence-corrected chi connectivity index (χ3v) is 3.65. The van der Waals surface area contributed by atoms with Gasteiger partial charge in [-0.3, -0.25) is 0 Å². The highest BCUT2D eigenvalue weighted by Crippen LogP contribution is 2.21. The Labute approximate surface area is 119 Å². The largest absolute Gasteiger partial charge is 0.324 e. The number of rotatable bonds is 7. The fourth-order valence-electron chi connectivity index (χ4n) is 2.45. The van der Waals surface area contributed by atoms with Gasteiger partial charge in [-0.1, -0.05) is 51.1 Å². The molecular weight excluding hydrogens is 232 g/mol. The van der Waals surface area contributed by atoms with Crippen LogP contribution in [0.15, 0.2) is 30.3 Å². The smallest absolute Gasteiger partial charge is 0.0333 e. The Bertz CT molecular complexity index is 346. The van der Waals surface area contributed by atoms with Crippen LogP contribution in [0.4, 0.5) is 0 Å². The molecule has 0 saturated carbocycles. The van der Waals surface area contributed by atoms with E-state index in [4.69, 9.17) is 5.73 Å². The van der Waals surface area contributed by atoms with Crippen molar-refractivity contribution in [3.63, 3.8) is 0 Å². The molecule has 1 aromatic carbocycles. The van der Waals surface area contributed by atoms with Crippen molar-refractivity contribution in [3.05, 3.63) is 35.9 Å². The van der Waals surface area contributed by atoms with Crippen LogP contribution < -0.4 is 5.73 Å². The minimum atomic E-state index is 0.120. The van der Waals surface area contributed by atoms with Gasteiger partial charge in [0.25, 0.3) is 0 Å². The van der Waals surface area contributed by atoms with Crippen LogP contribution in [0.2, 0.25) is 0 Å². The Kier molecular flexibility index (Phi) is 6.53. The van der Waals surface area contributed by atoms with Crippen molar-refractivity contribution in [3.8, 4) is 0 Å². The molecule has 108 valence electrons. The summed E-state index contributed by atoms with van der Waals surface area (Å²) in [5.41, 5.74) is 7.63. The molecule has 0 fully saturated rings. The van der Waals surface area contributed by atoms with E-state index < -0.39 is 0 Å². The molecule has 0 spiro atoms. The minimum Gasteiger partial charge on any atom is -0.324 e. The van der Waals surface area contributed by atoms with E-state index in [9.17, 15) is 0 Å². The summed E-state index contributed by atoms with van der Waals surface area (Å²) in [6.07, 6.45) is 0. The van der Waals surface area contributed by atoms with Crippen LogP contribution in [0.25, 0.3) is 0 Å². The predicted octanol–water partition coefficient (Wildman–Crippen LogP) is 3.69. The number of nitrogens with two attached hydrogens (primary N) is 1. The van der Waals surface area contributed by atoms with Crippen LogP contribution in [0.1, 0.15) is 46.2 Å². The topological polar surface area (TPSA) is 29.3 Å². The van der Waals surface area contributed by atoms with Gasteiger partial charge in [-0.05, 0) is 31.2 Å². The van der Waals surface area contributed by atoms with Crippen LogP contribution in [-0.4, -0.2) is 24.0 Å². The summed E-state index contributed by atoms with van der Waals surface area (Å²) in [6.45, 7) is 13.5. The summed E-state index contributed by atoms with van der Waals surface area (Å²) in [5.74, 6) is 1.16. The van der Waals surface area contributed by atoms with Crippen molar-refractivity contribution in [2.45, 2.75) is 46.7 Å². The molecule has 2 nitrogen and oxygen atoms in total. The molecule has 0 saturated heterocycles. The lowest BCUT2D eigenvalue weighted by atomic mass is 9.94. The Balaban J connectivity index is 2.63. The fraction of sp³-hybridized carbons (Fsp3) is 0.647. The van der Waals surface area contributed by atoms with Gasteiger partial charge in [-0.15, -0.1) is 0 Å². The second kappa shape index (κ2) is 7.66. The van der Waals surface area contributed by atoms with Gasteiger partial charge in [0.1, 0.15) is 0 Å². The van der Waals surface area contributed by atoms with Crippen molar-refractivity contribution in [2.24, 2.45) is 17.6 Å². The summed E-state index contributed by atoms with van der Waals surface area (Å²) in [6, 6.07) is 11.1. The van der Waals surface area contributed by atoms with E-state index in [0.29, 0.717) is 17.9 Å². The SMILES string of the molecule is CC(C)CN(CC(C)C(N)c1ccccc1)C(C)C. The molecule has 0 radical (unpaired) electrons. The zero-order valence-electron chi connectivity index (χ0n) is 13.1. The molecule has 1 rings (SSSR count). The third-order valence-electron chi connectivity index (χ3n) is 3.65. The molecule has 2 unspecified atom stereocenters. The van der Waals surface area contributed by atoms with E-state index in [-0.39, 0.29) is 6.04 Å². The molecule has 2 heteroatoms. The maximum Gasteiger partial charge on any atom is 0.0333 e. The zero-order chi connectivity index (χ0) is 14.4. The van der Waals surface area contributed by atoms with E-state index in [1.54, 1.807) is 0 Å². The Morgan fingerprint density at radius 2 is 1.53 bits per heavy atom. The number of hydrogen-bond donors (Lipinski definition) is 1. The first-order valence-electron chi connectivity index (χ1n) is 7.46. The Morgan fingerprint density at radius 1 is 0.947 bits per heavy atom. The summed E-state index contributed by atoms with van der Waals surface area (Å²) in [7, 11) is 0. The van der Waals surface area contributed by atoms with Gasteiger partial charge >= 0.3 is 0 Å². The van der Waals surface area contributed by atoms with Gasteiger partial charge in [0.15, 0.2) is 0 Å². The second-order valence-corrected chi connectivity index (χ2v) is 6.36. The molecule has 0 heterocycles. The minimum absolute atomic E-state index is 0.120. The molecule has 0 amide bonds. The first-order chi connectivity index (χ1) is 8.91. The first kappa shape index (κ1) is 16.2. The van der Waals surface area contributed by atoms with E-state index >= 15 is 0 Å². The van der Waals surface area contributed by atoms with Crippen molar-refractivity contribution in [1.29, 1.82) is 0 Å². The lowest BCUT2D eigenvalue weighted by molar-refractivity contribution is 0.163. The Morgan fingerprint density at radius 3 is 2.00 bits per heavy atom. The van der Waals surface area contributed by atoms with Gasteiger partial charge in [-0.2, -0.15) is 0 Å². The van der Waals surface area contributed by atoms with Gasteiger partial charge in [-0.25, -0.2) is 0 Å². The van der Waals surface area contributed by atoms with Crippen LogP contribution in [0, 0.1) is 11.8 Å². The first-order valence-corrected chi connectivity index (χ1v) is 7.46. The summed E-state index contributed by atoms with van der Waals surface area (Å²) < 4.78 is 0. The van der Waals surface area contributed by atoms with Gasteiger partial charge in [0, 0.05) is 25.2 Å². The van der Waals surface area contributed by atoms with Crippen molar-refractivity contribution < 1.29 is 0 Å². The standard InChI is InChI=1S/C17H30N2/c1-13(2)11-19(14(3)4)12-15(5)17(18)16-9-7-6-8-10-16/h6-10,13-15,17H,11-12,18H2,1-5H3. The van der Waals surface area contributed by atoms with Crippen LogP contribution in [0.5, 0.6) is 0 Å². The van der Waals surface area contributed by atoms with Crippen LogP contribution >= 0.6 is 0 Å². The molecular formula is C17H30N2. The van der Waals surface area contributed by atoms with E-state index in [0.717, 1.165) is 13.1 Å². The highest BCUT2D eigenvalue weighted by Gasteiger charge is 2.20. The monoisotopic (exact) mass is 262 g/mol. The lowest BCUT2D eigenvalue weighted by Gasteiger charge is -2.33. The van der Waals surface area contributed by atoms with Crippen LogP contribution in [-0.2, 0) is 0 Å². The van der Waals surface area contributed by atoms with Crippen molar-refractivity contribution >= 4 is 0 Å². The molecule has 0 aromatic heterocycles. The number of nitrogens with zero attached hydrogens (tertiary/aromatic N) is 1. The summed E-state index contributed by atoms with van der Waals surface area (Å²) in [4.78, 5) is 2.54. The zero-order valence-corrected chi connectivity index (χ0v) is 13.1. The summed E-state index contributed by atoms with van der Waals surface area (Å²) >= 11 is 0. The van der Waals surface area contributed by atoms with E-state index in [2.05, 4.69) is 63.8 Å². The molecule has 0 aliphatic heterocycles. The van der Waals surface area contributed by atoms with Crippen LogP contribution in [0.3, 0.4) is 0 Å². The summed E-state index contributed by atoms with van der Waals surface area (Å²) in [5, 5.41) is 0. The highest BCUT2D eigenvalue weighted by molar-refractivity contribution is 5.19. The predicted molar refractivity (Wildman–Crippen MR) is 84.1 cm³/mol.